The highest BCUT2D eigenvalue weighted by atomic mass is 35.5. The van der Waals surface area contributed by atoms with E-state index in [9.17, 15) is 13.2 Å². The fraction of sp³-hybridized carbons (Fsp3) is 0.500. The lowest BCUT2D eigenvalue weighted by Crippen LogP contribution is -2.27. The lowest BCUT2D eigenvalue weighted by Gasteiger charge is -2.17. The van der Waals surface area contributed by atoms with Gasteiger partial charge in [0.25, 0.3) is 5.56 Å². The van der Waals surface area contributed by atoms with Crippen molar-refractivity contribution in [3.63, 3.8) is 0 Å². The summed E-state index contributed by atoms with van der Waals surface area (Å²) in [5, 5.41) is -0.0431. The number of rotatable bonds is 4. The Morgan fingerprint density at radius 3 is 2.75 bits per heavy atom. The summed E-state index contributed by atoms with van der Waals surface area (Å²) in [5.74, 6) is 0.253. The average Bonchev–Trinajstić information content (AvgIpc) is 2.17. The second kappa shape index (κ2) is 4.84. The van der Waals surface area contributed by atoms with Crippen molar-refractivity contribution in [1.82, 2.24) is 9.97 Å². The maximum Gasteiger partial charge on any atom is 0.271 e. The quantitative estimate of drug-likeness (QED) is 0.822. The van der Waals surface area contributed by atoms with E-state index in [1.54, 1.807) is 7.05 Å². The summed E-state index contributed by atoms with van der Waals surface area (Å²) in [7, 11) is -1.42. The molecule has 0 atom stereocenters. The molecular weight excluding hydrogens is 254 g/mol. The van der Waals surface area contributed by atoms with Crippen molar-refractivity contribution >= 4 is 27.3 Å². The first-order valence-electron chi connectivity index (χ1n) is 4.43. The van der Waals surface area contributed by atoms with E-state index >= 15 is 0 Å². The monoisotopic (exact) mass is 265 g/mol. The normalized spacial score (nSPS) is 11.4. The molecule has 0 saturated heterocycles. The van der Waals surface area contributed by atoms with Crippen molar-refractivity contribution in [2.45, 2.75) is 0 Å². The summed E-state index contributed by atoms with van der Waals surface area (Å²) in [6.07, 6.45) is 2.37. The van der Waals surface area contributed by atoms with Gasteiger partial charge in [0.05, 0.1) is 12.1 Å². The number of anilines is 1. The maximum atomic E-state index is 11.2. The van der Waals surface area contributed by atoms with Crippen molar-refractivity contribution in [3.8, 4) is 0 Å². The highest BCUT2D eigenvalue weighted by molar-refractivity contribution is 7.90. The first kappa shape index (κ1) is 13.0. The van der Waals surface area contributed by atoms with Crippen LogP contribution in [-0.2, 0) is 9.84 Å². The van der Waals surface area contributed by atoms with Gasteiger partial charge in [0.2, 0.25) is 0 Å². The van der Waals surface area contributed by atoms with Crippen LogP contribution in [0.1, 0.15) is 0 Å². The molecule has 0 aliphatic rings. The first-order chi connectivity index (χ1) is 7.31. The van der Waals surface area contributed by atoms with Gasteiger partial charge in [0, 0.05) is 19.8 Å². The molecule has 6 nitrogen and oxygen atoms in total. The summed E-state index contributed by atoms with van der Waals surface area (Å²) in [5.41, 5.74) is -0.446. The van der Waals surface area contributed by atoms with E-state index in [0.29, 0.717) is 0 Å². The second-order valence-electron chi connectivity index (χ2n) is 3.42. The standard InChI is InChI=1S/C8H12ClN3O3S/c1-12(3-4-16(2,14)15)7-6(9)8(13)11-5-10-7/h5H,3-4H2,1-2H3,(H,10,11,13). The number of H-pyrrole nitrogens is 1. The number of nitrogens with one attached hydrogen (secondary N) is 1. The smallest absolute Gasteiger partial charge is 0.271 e. The molecule has 0 fully saturated rings. The molecule has 0 radical (unpaired) electrons. The number of nitrogens with zero attached hydrogens (tertiary/aromatic N) is 2. The van der Waals surface area contributed by atoms with Gasteiger partial charge in [-0.15, -0.1) is 0 Å². The van der Waals surface area contributed by atoms with E-state index in [-0.39, 0.29) is 23.1 Å². The van der Waals surface area contributed by atoms with E-state index in [1.807, 2.05) is 0 Å². The topological polar surface area (TPSA) is 83.1 Å². The molecule has 0 saturated carbocycles. The molecule has 90 valence electrons. The zero-order valence-corrected chi connectivity index (χ0v) is 10.5. The molecule has 0 spiro atoms. The van der Waals surface area contributed by atoms with E-state index in [4.69, 9.17) is 11.6 Å². The summed E-state index contributed by atoms with van der Waals surface area (Å²) in [6.45, 7) is 0.231. The molecule has 1 aromatic heterocycles. The van der Waals surface area contributed by atoms with Gasteiger partial charge in [0.15, 0.2) is 5.82 Å². The third-order valence-corrected chi connectivity index (χ3v) is 3.20. The fourth-order valence-electron chi connectivity index (χ4n) is 1.05. The second-order valence-corrected chi connectivity index (χ2v) is 6.06. The number of hydrogen-bond acceptors (Lipinski definition) is 5. The van der Waals surface area contributed by atoms with Gasteiger partial charge in [-0.05, 0) is 0 Å². The predicted molar refractivity (Wildman–Crippen MR) is 62.8 cm³/mol. The zero-order valence-electron chi connectivity index (χ0n) is 8.90. The minimum absolute atomic E-state index is 0.0195. The van der Waals surface area contributed by atoms with Crippen LogP contribution in [0.5, 0.6) is 0 Å². The molecule has 1 aromatic rings. The van der Waals surface area contributed by atoms with Crippen LogP contribution in [-0.4, -0.2) is 44.0 Å². The van der Waals surface area contributed by atoms with Crippen molar-refractivity contribution in [3.05, 3.63) is 21.7 Å². The minimum Gasteiger partial charge on any atom is -0.357 e. The van der Waals surface area contributed by atoms with Crippen LogP contribution < -0.4 is 10.5 Å². The molecular formula is C8H12ClN3O3S. The molecule has 0 aliphatic carbocycles. The largest absolute Gasteiger partial charge is 0.357 e. The average molecular weight is 266 g/mol. The summed E-state index contributed by atoms with van der Waals surface area (Å²) >= 11 is 5.74. The Morgan fingerprint density at radius 2 is 2.19 bits per heavy atom. The Morgan fingerprint density at radius 1 is 1.56 bits per heavy atom. The third-order valence-electron chi connectivity index (χ3n) is 1.94. The van der Waals surface area contributed by atoms with Crippen LogP contribution in [0, 0.1) is 0 Å². The lowest BCUT2D eigenvalue weighted by atomic mass is 10.5. The van der Waals surface area contributed by atoms with Gasteiger partial charge in [-0.2, -0.15) is 0 Å². The highest BCUT2D eigenvalue weighted by Gasteiger charge is 2.12. The molecule has 1 N–H and O–H groups in total. The lowest BCUT2D eigenvalue weighted by molar-refractivity contribution is 0.601. The third kappa shape index (κ3) is 3.49. The van der Waals surface area contributed by atoms with Crippen LogP contribution >= 0.6 is 11.6 Å². The zero-order chi connectivity index (χ0) is 12.3. The van der Waals surface area contributed by atoms with Gasteiger partial charge in [0.1, 0.15) is 14.9 Å². The van der Waals surface area contributed by atoms with Crippen LogP contribution in [0.15, 0.2) is 11.1 Å². The molecule has 8 heteroatoms. The van der Waals surface area contributed by atoms with Crippen molar-refractivity contribution in [1.29, 1.82) is 0 Å². The van der Waals surface area contributed by atoms with E-state index in [2.05, 4.69) is 9.97 Å². The Kier molecular flexibility index (Phi) is 3.93. The molecule has 0 aliphatic heterocycles. The number of sulfone groups is 1. The summed E-state index contributed by atoms with van der Waals surface area (Å²) < 4.78 is 21.9. The number of halogens is 1. The van der Waals surface area contributed by atoms with Gasteiger partial charge in [-0.25, -0.2) is 13.4 Å². The van der Waals surface area contributed by atoms with Crippen molar-refractivity contribution in [2.24, 2.45) is 0 Å². The van der Waals surface area contributed by atoms with Crippen molar-refractivity contribution < 1.29 is 8.42 Å². The van der Waals surface area contributed by atoms with Gasteiger partial charge < -0.3 is 9.88 Å². The fourth-order valence-corrected chi connectivity index (χ4v) is 1.90. The Balaban J connectivity index is 2.85. The first-order valence-corrected chi connectivity index (χ1v) is 6.87. The molecule has 0 bridgehead atoms. The molecule has 0 aromatic carbocycles. The number of hydrogen-bond donors (Lipinski definition) is 1. The minimum atomic E-state index is -3.05. The maximum absolute atomic E-state index is 11.2. The predicted octanol–water partition coefficient (Wildman–Crippen LogP) is -0.0959. The highest BCUT2D eigenvalue weighted by Crippen LogP contribution is 2.16. The number of aromatic amines is 1. The van der Waals surface area contributed by atoms with Crippen LogP contribution in [0.25, 0.3) is 0 Å². The van der Waals surface area contributed by atoms with Gasteiger partial charge in [-0.3, -0.25) is 4.79 Å². The van der Waals surface area contributed by atoms with Crippen LogP contribution in [0.3, 0.4) is 0 Å². The molecule has 1 rings (SSSR count). The Hall–Kier alpha value is -1.08. The summed E-state index contributed by atoms with van der Waals surface area (Å²) in [4.78, 5) is 18.9. The van der Waals surface area contributed by atoms with Crippen molar-refractivity contribution in [2.75, 3.05) is 30.5 Å². The summed E-state index contributed by atoms with van der Waals surface area (Å²) in [6, 6.07) is 0. The van der Waals surface area contributed by atoms with Gasteiger partial charge >= 0.3 is 0 Å². The molecule has 16 heavy (non-hydrogen) atoms. The van der Waals surface area contributed by atoms with Crippen LogP contribution in [0.4, 0.5) is 5.82 Å². The SMILES string of the molecule is CN(CCS(C)(=O)=O)c1nc[nH]c(=O)c1Cl. The van der Waals surface area contributed by atoms with E-state index in [1.165, 1.54) is 11.2 Å². The molecule has 0 amide bonds. The van der Waals surface area contributed by atoms with Crippen LogP contribution in [0.2, 0.25) is 5.02 Å². The number of aromatic nitrogens is 2. The molecule has 0 unspecified atom stereocenters. The van der Waals surface area contributed by atoms with E-state index in [0.717, 1.165) is 6.26 Å². The Bertz CT molecular complexity index is 526. The Labute approximate surface area is 98.2 Å². The van der Waals surface area contributed by atoms with E-state index < -0.39 is 15.4 Å². The van der Waals surface area contributed by atoms with Gasteiger partial charge in [-0.1, -0.05) is 11.6 Å². The molecule has 1 heterocycles.